The van der Waals surface area contributed by atoms with Crippen LogP contribution >= 0.6 is 0 Å². The van der Waals surface area contributed by atoms with Crippen LogP contribution in [0.3, 0.4) is 0 Å². The molecule has 9 heteroatoms. The molecule has 9 nitrogen and oxygen atoms in total. The maximum atomic E-state index is 13.3. The van der Waals surface area contributed by atoms with Gasteiger partial charge in [-0.3, -0.25) is 9.59 Å². The summed E-state index contributed by atoms with van der Waals surface area (Å²) in [5.74, 6) is 1.45. The second-order valence-corrected chi connectivity index (χ2v) is 9.22. The molecule has 4 rings (SSSR count). The summed E-state index contributed by atoms with van der Waals surface area (Å²) < 4.78 is 10.6. The Bertz CT molecular complexity index is 1140. The van der Waals surface area contributed by atoms with Gasteiger partial charge in [0, 0.05) is 45.1 Å². The SMILES string of the molecule is CC(=O)N1CCCCCCCN(C(=O)CCCc2nc(-c3ccco3)no2)Cc2ccc(CO)cc21. The zero-order valence-electron chi connectivity index (χ0n) is 20.8. The molecule has 0 saturated carbocycles. The summed E-state index contributed by atoms with van der Waals surface area (Å²) in [4.78, 5) is 33.8. The number of rotatable bonds is 6. The molecule has 3 heterocycles. The van der Waals surface area contributed by atoms with Crippen LogP contribution in [0.4, 0.5) is 5.69 Å². The van der Waals surface area contributed by atoms with Gasteiger partial charge < -0.3 is 23.8 Å². The lowest BCUT2D eigenvalue weighted by atomic mass is 10.0. The van der Waals surface area contributed by atoms with Crippen molar-refractivity contribution in [3.05, 3.63) is 53.6 Å². The molecule has 1 aliphatic heterocycles. The van der Waals surface area contributed by atoms with Crippen molar-refractivity contribution in [1.29, 1.82) is 0 Å². The van der Waals surface area contributed by atoms with Gasteiger partial charge in [0.1, 0.15) is 0 Å². The summed E-state index contributed by atoms with van der Waals surface area (Å²) in [5, 5.41) is 13.6. The topological polar surface area (TPSA) is 113 Å². The number of anilines is 1. The molecular weight excluding hydrogens is 460 g/mol. The molecule has 0 saturated heterocycles. The molecule has 3 aromatic rings. The lowest BCUT2D eigenvalue weighted by Crippen LogP contribution is -2.35. The maximum absolute atomic E-state index is 13.3. The number of aryl methyl sites for hydroxylation is 1. The molecule has 0 atom stereocenters. The minimum Gasteiger partial charge on any atom is -0.461 e. The molecule has 36 heavy (non-hydrogen) atoms. The van der Waals surface area contributed by atoms with Crippen molar-refractivity contribution in [2.24, 2.45) is 0 Å². The lowest BCUT2D eigenvalue weighted by Gasteiger charge is -2.29. The summed E-state index contributed by atoms with van der Waals surface area (Å²) in [6.07, 6.45) is 8.05. The second-order valence-electron chi connectivity index (χ2n) is 9.22. The third kappa shape index (κ3) is 6.60. The van der Waals surface area contributed by atoms with E-state index in [9.17, 15) is 14.7 Å². The number of hydrogen-bond donors (Lipinski definition) is 1. The van der Waals surface area contributed by atoms with Crippen LogP contribution in [0.25, 0.3) is 11.6 Å². The van der Waals surface area contributed by atoms with Crippen LogP contribution < -0.4 is 4.90 Å². The molecule has 2 aromatic heterocycles. The number of fused-ring (bicyclic) bond motifs is 1. The van der Waals surface area contributed by atoms with E-state index in [4.69, 9.17) is 8.94 Å². The largest absolute Gasteiger partial charge is 0.461 e. The number of amides is 2. The van der Waals surface area contributed by atoms with Crippen LogP contribution in [0.15, 0.2) is 45.5 Å². The zero-order valence-corrected chi connectivity index (χ0v) is 20.8. The fraction of sp³-hybridized carbons (Fsp3) is 0.481. The van der Waals surface area contributed by atoms with Gasteiger partial charge in [-0.2, -0.15) is 4.98 Å². The van der Waals surface area contributed by atoms with E-state index in [1.165, 1.54) is 0 Å². The Hall–Kier alpha value is -3.46. The number of aliphatic hydroxyl groups is 1. The number of carbonyl (C=O) groups excluding carboxylic acids is 2. The highest BCUT2D eigenvalue weighted by Crippen LogP contribution is 2.27. The molecule has 0 spiro atoms. The number of hydrogen-bond acceptors (Lipinski definition) is 7. The van der Waals surface area contributed by atoms with E-state index in [1.807, 2.05) is 23.1 Å². The third-order valence-electron chi connectivity index (χ3n) is 6.52. The van der Waals surface area contributed by atoms with Crippen molar-refractivity contribution >= 4 is 17.5 Å². The number of furan rings is 1. The second kappa shape index (κ2) is 12.5. The fourth-order valence-electron chi connectivity index (χ4n) is 4.55. The van der Waals surface area contributed by atoms with Crippen molar-refractivity contribution in [2.45, 2.75) is 71.4 Å². The van der Waals surface area contributed by atoms with Gasteiger partial charge in [-0.1, -0.05) is 36.6 Å². The monoisotopic (exact) mass is 494 g/mol. The molecule has 192 valence electrons. The first kappa shape index (κ1) is 25.6. The van der Waals surface area contributed by atoms with Crippen LogP contribution in [0.2, 0.25) is 0 Å². The van der Waals surface area contributed by atoms with E-state index in [2.05, 4.69) is 10.1 Å². The van der Waals surface area contributed by atoms with Crippen LogP contribution in [0.1, 0.15) is 68.9 Å². The Morgan fingerprint density at radius 1 is 1.08 bits per heavy atom. The molecule has 0 radical (unpaired) electrons. The Morgan fingerprint density at radius 3 is 2.64 bits per heavy atom. The molecule has 0 aliphatic carbocycles. The van der Waals surface area contributed by atoms with Gasteiger partial charge in [0.15, 0.2) is 5.76 Å². The highest BCUT2D eigenvalue weighted by Gasteiger charge is 2.21. The highest BCUT2D eigenvalue weighted by molar-refractivity contribution is 5.92. The van der Waals surface area contributed by atoms with Crippen molar-refractivity contribution in [2.75, 3.05) is 18.0 Å². The molecule has 2 amide bonds. The molecule has 1 aliphatic rings. The lowest BCUT2D eigenvalue weighted by molar-refractivity contribution is -0.132. The predicted molar refractivity (Wildman–Crippen MR) is 134 cm³/mol. The van der Waals surface area contributed by atoms with E-state index < -0.39 is 0 Å². The average Bonchev–Trinajstić information content (AvgIpc) is 3.56. The van der Waals surface area contributed by atoms with Crippen molar-refractivity contribution in [3.8, 4) is 11.6 Å². The number of benzene rings is 1. The first-order chi connectivity index (χ1) is 17.5. The smallest absolute Gasteiger partial charge is 0.238 e. The van der Waals surface area contributed by atoms with Crippen LogP contribution in [-0.4, -0.2) is 45.1 Å². The summed E-state index contributed by atoms with van der Waals surface area (Å²) in [6, 6.07) is 9.19. The normalized spacial score (nSPS) is 15.2. The van der Waals surface area contributed by atoms with Gasteiger partial charge in [-0.05, 0) is 48.6 Å². The third-order valence-corrected chi connectivity index (χ3v) is 6.52. The molecule has 0 unspecified atom stereocenters. The Morgan fingerprint density at radius 2 is 1.89 bits per heavy atom. The van der Waals surface area contributed by atoms with Gasteiger partial charge in [-0.15, -0.1) is 0 Å². The van der Waals surface area contributed by atoms with Crippen LogP contribution in [-0.2, 0) is 29.2 Å². The van der Waals surface area contributed by atoms with Crippen molar-refractivity contribution < 1.29 is 23.6 Å². The molecular formula is C27H34N4O5. The number of carbonyl (C=O) groups is 2. The molecule has 0 fully saturated rings. The summed E-state index contributed by atoms with van der Waals surface area (Å²) in [5.41, 5.74) is 2.44. The van der Waals surface area contributed by atoms with Gasteiger partial charge in [0.25, 0.3) is 0 Å². The van der Waals surface area contributed by atoms with Gasteiger partial charge in [0.05, 0.1) is 12.9 Å². The fourth-order valence-corrected chi connectivity index (χ4v) is 4.55. The van der Waals surface area contributed by atoms with Gasteiger partial charge in [-0.25, -0.2) is 0 Å². The van der Waals surface area contributed by atoms with Crippen molar-refractivity contribution in [1.82, 2.24) is 15.0 Å². The Labute approximate surface area is 211 Å². The van der Waals surface area contributed by atoms with Crippen LogP contribution in [0.5, 0.6) is 0 Å². The van der Waals surface area contributed by atoms with Crippen molar-refractivity contribution in [3.63, 3.8) is 0 Å². The first-order valence-corrected chi connectivity index (χ1v) is 12.7. The maximum Gasteiger partial charge on any atom is 0.238 e. The summed E-state index contributed by atoms with van der Waals surface area (Å²) in [6.45, 7) is 3.20. The number of nitrogens with zero attached hydrogens (tertiary/aromatic N) is 4. The van der Waals surface area contributed by atoms with Gasteiger partial charge >= 0.3 is 0 Å². The molecule has 1 N–H and O–H groups in total. The summed E-state index contributed by atoms with van der Waals surface area (Å²) >= 11 is 0. The average molecular weight is 495 g/mol. The highest BCUT2D eigenvalue weighted by atomic mass is 16.5. The van der Waals surface area contributed by atoms with E-state index in [0.29, 0.717) is 56.4 Å². The number of aromatic nitrogens is 2. The minimum absolute atomic E-state index is 0.0326. The van der Waals surface area contributed by atoms with E-state index >= 15 is 0 Å². The quantitative estimate of drug-likeness (QED) is 0.537. The van der Waals surface area contributed by atoms with E-state index in [-0.39, 0.29) is 18.4 Å². The first-order valence-electron chi connectivity index (χ1n) is 12.7. The number of aliphatic hydroxyl groups excluding tert-OH is 1. The summed E-state index contributed by atoms with van der Waals surface area (Å²) in [7, 11) is 0. The van der Waals surface area contributed by atoms with Crippen LogP contribution in [0, 0.1) is 0 Å². The Balaban J connectivity index is 1.45. The zero-order chi connectivity index (χ0) is 25.3. The minimum atomic E-state index is -0.0982. The standard InChI is InChI=1S/C27H34N4O5/c1-20(33)31-15-6-4-2-3-5-14-30(18-22-13-12-21(19-32)17-23(22)31)26(34)11-7-10-25-28-27(29-36-25)24-9-8-16-35-24/h8-9,12-13,16-17,32H,2-7,10-11,14-15,18-19H2,1H3. The molecule has 0 bridgehead atoms. The van der Waals surface area contributed by atoms with E-state index in [0.717, 1.165) is 48.9 Å². The molecule has 1 aromatic carbocycles. The predicted octanol–water partition coefficient (Wildman–Crippen LogP) is 4.49. The van der Waals surface area contributed by atoms with Gasteiger partial charge in [0.2, 0.25) is 23.5 Å². The van der Waals surface area contributed by atoms with E-state index in [1.54, 1.807) is 30.2 Å². The Kier molecular flexibility index (Phi) is 8.89.